The van der Waals surface area contributed by atoms with Gasteiger partial charge in [0.2, 0.25) is 0 Å². The van der Waals surface area contributed by atoms with Gasteiger partial charge in [0.15, 0.2) is 0 Å². The number of hydrogen-bond acceptors (Lipinski definition) is 4. The van der Waals surface area contributed by atoms with E-state index in [4.69, 9.17) is 4.99 Å². The molecule has 1 aromatic rings. The number of rotatable bonds is 4. The van der Waals surface area contributed by atoms with Gasteiger partial charge in [0.25, 0.3) is 5.91 Å². The Bertz CT molecular complexity index is 909. The van der Waals surface area contributed by atoms with Crippen molar-refractivity contribution >= 4 is 38.9 Å². The molecular formula is C22H26BrN3OS. The Morgan fingerprint density at radius 2 is 2.21 bits per heavy atom. The van der Waals surface area contributed by atoms with Gasteiger partial charge in [-0.2, -0.15) is 0 Å². The summed E-state index contributed by atoms with van der Waals surface area (Å²) in [6.07, 6.45) is 7.35. The highest BCUT2D eigenvalue weighted by atomic mass is 79.9. The summed E-state index contributed by atoms with van der Waals surface area (Å²) in [6.45, 7) is 8.88. The quantitative estimate of drug-likeness (QED) is 0.466. The van der Waals surface area contributed by atoms with Crippen LogP contribution >= 0.6 is 27.3 Å². The van der Waals surface area contributed by atoms with E-state index in [9.17, 15) is 4.79 Å². The zero-order valence-electron chi connectivity index (χ0n) is 16.6. The first-order valence-corrected chi connectivity index (χ1v) is 11.6. The van der Waals surface area contributed by atoms with Crippen LogP contribution in [0, 0.1) is 5.92 Å². The Hall–Kier alpha value is -1.66. The first-order valence-electron chi connectivity index (χ1n) is 9.79. The molecule has 0 bridgehead atoms. The van der Waals surface area contributed by atoms with Gasteiger partial charge in [-0.05, 0) is 68.2 Å². The van der Waals surface area contributed by atoms with Gasteiger partial charge in [0.1, 0.15) is 11.5 Å². The molecule has 3 aliphatic rings. The van der Waals surface area contributed by atoms with E-state index in [2.05, 4.69) is 45.8 Å². The lowest BCUT2D eigenvalue weighted by Crippen LogP contribution is -2.43. The van der Waals surface area contributed by atoms with Gasteiger partial charge < -0.3 is 9.80 Å². The van der Waals surface area contributed by atoms with Crippen molar-refractivity contribution in [2.45, 2.75) is 44.0 Å². The molecule has 1 amide bonds. The third-order valence-electron chi connectivity index (χ3n) is 5.77. The highest BCUT2D eigenvalue weighted by molar-refractivity contribution is 9.09. The summed E-state index contributed by atoms with van der Waals surface area (Å²) in [5, 5.41) is 2.13. The molecule has 2 atom stereocenters. The third kappa shape index (κ3) is 3.64. The highest BCUT2D eigenvalue weighted by Gasteiger charge is 2.36. The summed E-state index contributed by atoms with van der Waals surface area (Å²) in [6, 6.07) is 2.24. The number of nitrogens with zero attached hydrogens (tertiary/aromatic N) is 3. The number of halogens is 1. The molecule has 0 radical (unpaired) electrons. The van der Waals surface area contributed by atoms with Crippen molar-refractivity contribution in [3.8, 4) is 0 Å². The van der Waals surface area contributed by atoms with E-state index in [0.29, 0.717) is 11.6 Å². The number of allylic oxidation sites excluding steroid dienone is 3. The number of fused-ring (bicyclic) bond motifs is 1. The minimum Gasteiger partial charge on any atom is -0.333 e. The second kappa shape index (κ2) is 7.64. The van der Waals surface area contributed by atoms with Crippen molar-refractivity contribution in [2.24, 2.45) is 10.9 Å². The van der Waals surface area contributed by atoms with E-state index in [1.165, 1.54) is 29.0 Å². The number of aliphatic imine (C=N–C) groups is 1. The summed E-state index contributed by atoms with van der Waals surface area (Å²) in [5.74, 6) is 1.38. The maximum absolute atomic E-state index is 13.4. The lowest BCUT2D eigenvalue weighted by atomic mass is 10.0. The van der Waals surface area contributed by atoms with Gasteiger partial charge in [0, 0.05) is 24.2 Å². The first-order chi connectivity index (χ1) is 13.4. The SMILES string of the molecule is C=C(C)C(Br)/C=C1/N=C(C(=O)N2CCc3sccc3[C@H]2C)C=C(C2CC2)N1C. The summed E-state index contributed by atoms with van der Waals surface area (Å²) in [4.78, 5) is 23.7. The minimum absolute atomic E-state index is 0.0305. The molecule has 0 aromatic carbocycles. The van der Waals surface area contributed by atoms with Crippen LogP contribution < -0.4 is 0 Å². The lowest BCUT2D eigenvalue weighted by molar-refractivity contribution is -0.126. The molecule has 6 heteroatoms. The Kier molecular flexibility index (Phi) is 5.36. The molecule has 0 N–H and O–H groups in total. The highest BCUT2D eigenvalue weighted by Crippen LogP contribution is 2.41. The predicted octanol–water partition coefficient (Wildman–Crippen LogP) is 5.06. The average Bonchev–Trinajstić information content (AvgIpc) is 3.39. The van der Waals surface area contributed by atoms with Crippen molar-refractivity contribution in [1.82, 2.24) is 9.80 Å². The molecule has 1 aromatic heterocycles. The number of thiophene rings is 1. The van der Waals surface area contributed by atoms with E-state index in [1.54, 1.807) is 11.3 Å². The molecule has 1 saturated carbocycles. The van der Waals surface area contributed by atoms with Crippen molar-refractivity contribution in [2.75, 3.05) is 13.6 Å². The van der Waals surface area contributed by atoms with E-state index < -0.39 is 0 Å². The van der Waals surface area contributed by atoms with Crippen molar-refractivity contribution < 1.29 is 4.79 Å². The van der Waals surface area contributed by atoms with Crippen LogP contribution in [0.15, 0.2) is 52.3 Å². The fourth-order valence-corrected chi connectivity index (χ4v) is 5.04. The number of alkyl halides is 1. The van der Waals surface area contributed by atoms with Gasteiger partial charge in [-0.25, -0.2) is 4.99 Å². The van der Waals surface area contributed by atoms with Crippen LogP contribution in [-0.2, 0) is 11.2 Å². The smallest absolute Gasteiger partial charge is 0.273 e. The zero-order chi connectivity index (χ0) is 20.0. The lowest BCUT2D eigenvalue weighted by Gasteiger charge is -2.35. The normalized spacial score (nSPS) is 24.6. The topological polar surface area (TPSA) is 35.9 Å². The minimum atomic E-state index is 0.0305. The van der Waals surface area contributed by atoms with Crippen molar-refractivity contribution in [1.29, 1.82) is 0 Å². The Morgan fingerprint density at radius 1 is 1.46 bits per heavy atom. The van der Waals surface area contributed by atoms with Crippen LogP contribution in [0.4, 0.5) is 0 Å². The van der Waals surface area contributed by atoms with Crippen LogP contribution in [0.5, 0.6) is 0 Å². The third-order valence-corrected chi connectivity index (χ3v) is 7.81. The van der Waals surface area contributed by atoms with Crippen LogP contribution in [0.3, 0.4) is 0 Å². The summed E-state index contributed by atoms with van der Waals surface area (Å²) in [7, 11) is 2.04. The Labute approximate surface area is 179 Å². The summed E-state index contributed by atoms with van der Waals surface area (Å²) >= 11 is 5.44. The molecular weight excluding hydrogens is 434 g/mol. The van der Waals surface area contributed by atoms with Crippen LogP contribution in [-0.4, -0.2) is 39.8 Å². The molecule has 0 saturated heterocycles. The van der Waals surface area contributed by atoms with Gasteiger partial charge in [-0.1, -0.05) is 28.1 Å². The van der Waals surface area contributed by atoms with Crippen molar-refractivity contribution in [3.63, 3.8) is 0 Å². The molecule has 28 heavy (non-hydrogen) atoms. The van der Waals surface area contributed by atoms with Crippen molar-refractivity contribution in [3.05, 3.63) is 57.7 Å². The number of carbonyl (C=O) groups is 1. The molecule has 148 valence electrons. The fraction of sp³-hybridized carbons (Fsp3) is 0.455. The first kappa shape index (κ1) is 19.6. The molecule has 0 spiro atoms. The molecule has 1 unspecified atom stereocenters. The Morgan fingerprint density at radius 3 is 2.89 bits per heavy atom. The molecule has 1 aliphatic carbocycles. The van der Waals surface area contributed by atoms with Gasteiger partial charge in [-0.15, -0.1) is 11.3 Å². The second-order valence-corrected chi connectivity index (χ2v) is 9.88. The molecule has 4 nitrogen and oxygen atoms in total. The average molecular weight is 460 g/mol. The standard InChI is InChI=1S/C22H26BrN3OS/c1-13(2)17(23)11-21-24-18(12-19(25(21)4)15-5-6-15)22(27)26-9-7-20-16(14(26)3)8-10-28-20/h8,10-12,14-15,17H,1,5-7,9H2,2-4H3/b21-11-/t14-,17?/m1/s1. The number of carbonyl (C=O) groups excluding carboxylic acids is 1. The predicted molar refractivity (Wildman–Crippen MR) is 120 cm³/mol. The fourth-order valence-electron chi connectivity index (χ4n) is 3.84. The second-order valence-electron chi connectivity index (χ2n) is 7.90. The van der Waals surface area contributed by atoms with Crippen LogP contribution in [0.1, 0.15) is 43.2 Å². The zero-order valence-corrected chi connectivity index (χ0v) is 19.0. The van der Waals surface area contributed by atoms with E-state index in [0.717, 1.165) is 24.4 Å². The molecule has 1 fully saturated rings. The largest absolute Gasteiger partial charge is 0.333 e. The summed E-state index contributed by atoms with van der Waals surface area (Å²) < 4.78 is 0. The monoisotopic (exact) mass is 459 g/mol. The van der Waals surface area contributed by atoms with Gasteiger partial charge >= 0.3 is 0 Å². The van der Waals surface area contributed by atoms with Gasteiger partial charge in [0.05, 0.1) is 10.9 Å². The van der Waals surface area contributed by atoms with Crippen LogP contribution in [0.2, 0.25) is 0 Å². The van der Waals surface area contributed by atoms with Crippen LogP contribution in [0.25, 0.3) is 0 Å². The van der Waals surface area contributed by atoms with Gasteiger partial charge in [-0.3, -0.25) is 4.79 Å². The molecule has 2 aliphatic heterocycles. The maximum Gasteiger partial charge on any atom is 0.273 e. The van der Waals surface area contributed by atoms with E-state index >= 15 is 0 Å². The van der Waals surface area contributed by atoms with E-state index in [-0.39, 0.29) is 16.8 Å². The summed E-state index contributed by atoms with van der Waals surface area (Å²) in [5.41, 5.74) is 4.05. The molecule has 3 heterocycles. The Balaban J connectivity index is 1.66. The maximum atomic E-state index is 13.4. The molecule has 4 rings (SSSR count). The van der Waals surface area contributed by atoms with E-state index in [1.807, 2.05) is 31.0 Å². The number of hydrogen-bond donors (Lipinski definition) is 0. The number of amides is 1.